The Bertz CT molecular complexity index is 824. The van der Waals surface area contributed by atoms with Crippen molar-refractivity contribution in [3.8, 4) is 0 Å². The molecular formula is C19H17ClN2S2. The molecule has 0 radical (unpaired) electrons. The van der Waals surface area contributed by atoms with E-state index in [-0.39, 0.29) is 0 Å². The molecule has 24 heavy (non-hydrogen) atoms. The summed E-state index contributed by atoms with van der Waals surface area (Å²) in [6.45, 7) is 2.11. The topological polar surface area (TPSA) is 25.8 Å². The van der Waals surface area contributed by atoms with Crippen LogP contribution in [0.15, 0.2) is 71.0 Å². The van der Waals surface area contributed by atoms with E-state index in [2.05, 4.69) is 41.2 Å². The number of hydrogen-bond acceptors (Lipinski definition) is 4. The number of hydrogen-bond donors (Lipinski definition) is 0. The molecular weight excluding hydrogens is 356 g/mol. The molecule has 0 atom stereocenters. The number of nitrogens with zero attached hydrogens (tertiary/aromatic N) is 2. The van der Waals surface area contributed by atoms with Gasteiger partial charge in [-0.15, -0.1) is 23.5 Å². The largest absolute Gasteiger partial charge is 0.230 e. The molecule has 0 fully saturated rings. The van der Waals surface area contributed by atoms with Crippen molar-refractivity contribution in [3.05, 3.63) is 82.6 Å². The molecule has 122 valence electrons. The maximum absolute atomic E-state index is 6.20. The summed E-state index contributed by atoms with van der Waals surface area (Å²) in [7, 11) is 0. The summed E-state index contributed by atoms with van der Waals surface area (Å²) in [6, 6.07) is 18.5. The van der Waals surface area contributed by atoms with Gasteiger partial charge in [0.2, 0.25) is 0 Å². The zero-order valence-electron chi connectivity index (χ0n) is 13.3. The molecule has 0 unspecified atom stereocenters. The second kappa shape index (κ2) is 8.56. The lowest BCUT2D eigenvalue weighted by atomic mass is 10.2. The van der Waals surface area contributed by atoms with Crippen LogP contribution in [0.4, 0.5) is 0 Å². The predicted molar refractivity (Wildman–Crippen MR) is 104 cm³/mol. The Labute approximate surface area is 156 Å². The van der Waals surface area contributed by atoms with Crippen LogP contribution in [0, 0.1) is 6.92 Å². The van der Waals surface area contributed by atoms with Crippen molar-refractivity contribution >= 4 is 35.1 Å². The van der Waals surface area contributed by atoms with Crippen LogP contribution >= 0.6 is 35.1 Å². The van der Waals surface area contributed by atoms with E-state index in [1.54, 1.807) is 29.9 Å². The number of halogens is 1. The quantitative estimate of drug-likeness (QED) is 0.390. The van der Waals surface area contributed by atoms with E-state index < -0.39 is 0 Å². The van der Waals surface area contributed by atoms with Crippen molar-refractivity contribution < 1.29 is 0 Å². The number of thioether (sulfide) groups is 2. The Morgan fingerprint density at radius 3 is 2.38 bits per heavy atom. The average Bonchev–Trinajstić information content (AvgIpc) is 2.60. The average molecular weight is 373 g/mol. The van der Waals surface area contributed by atoms with Crippen LogP contribution in [0.5, 0.6) is 0 Å². The molecule has 2 nitrogen and oxygen atoms in total. The molecule has 3 rings (SSSR count). The van der Waals surface area contributed by atoms with Crippen molar-refractivity contribution in [2.24, 2.45) is 0 Å². The van der Waals surface area contributed by atoms with Crippen molar-refractivity contribution in [1.82, 2.24) is 9.97 Å². The first kappa shape index (κ1) is 17.3. The summed E-state index contributed by atoms with van der Waals surface area (Å²) in [6.07, 6.45) is 1.63. The summed E-state index contributed by atoms with van der Waals surface area (Å²) >= 11 is 9.61. The normalized spacial score (nSPS) is 10.8. The summed E-state index contributed by atoms with van der Waals surface area (Å²) in [5.74, 6) is 1.71. The Morgan fingerprint density at radius 1 is 0.875 bits per heavy atom. The first-order chi connectivity index (χ1) is 11.7. The first-order valence-corrected chi connectivity index (χ1v) is 9.92. The monoisotopic (exact) mass is 372 g/mol. The molecule has 1 aromatic heterocycles. The van der Waals surface area contributed by atoms with Crippen LogP contribution in [0.2, 0.25) is 5.02 Å². The SMILES string of the molecule is Cc1cccc(CSc2cc(SCc3ccccc3Cl)ncn2)c1. The third-order valence-electron chi connectivity index (χ3n) is 3.42. The van der Waals surface area contributed by atoms with Crippen LogP contribution in [-0.2, 0) is 11.5 Å². The summed E-state index contributed by atoms with van der Waals surface area (Å²) < 4.78 is 0. The number of benzene rings is 2. The highest BCUT2D eigenvalue weighted by Crippen LogP contribution is 2.28. The second-order valence-corrected chi connectivity index (χ2v) is 7.75. The molecule has 3 aromatic rings. The lowest BCUT2D eigenvalue weighted by Gasteiger charge is -2.06. The molecule has 0 spiro atoms. The fourth-order valence-electron chi connectivity index (χ4n) is 2.21. The molecule has 1 heterocycles. The fourth-order valence-corrected chi connectivity index (χ4v) is 4.25. The first-order valence-electron chi connectivity index (χ1n) is 7.57. The van der Waals surface area contributed by atoms with Crippen molar-refractivity contribution in [2.75, 3.05) is 0 Å². The van der Waals surface area contributed by atoms with E-state index in [1.807, 2.05) is 30.3 Å². The van der Waals surface area contributed by atoms with Crippen molar-refractivity contribution in [2.45, 2.75) is 28.5 Å². The zero-order valence-corrected chi connectivity index (χ0v) is 15.7. The highest BCUT2D eigenvalue weighted by Gasteiger charge is 2.04. The number of aryl methyl sites for hydroxylation is 1. The van der Waals surface area contributed by atoms with Crippen LogP contribution in [0.25, 0.3) is 0 Å². The van der Waals surface area contributed by atoms with Gasteiger partial charge in [0.05, 0.1) is 0 Å². The minimum atomic E-state index is 0.799. The summed E-state index contributed by atoms with van der Waals surface area (Å²) in [4.78, 5) is 8.71. The van der Waals surface area contributed by atoms with Gasteiger partial charge in [0, 0.05) is 22.6 Å². The molecule has 0 N–H and O–H groups in total. The molecule has 0 aliphatic carbocycles. The minimum absolute atomic E-state index is 0.799. The Balaban J connectivity index is 1.60. The molecule has 0 aliphatic heterocycles. The van der Waals surface area contributed by atoms with Gasteiger partial charge in [-0.05, 0) is 24.1 Å². The van der Waals surface area contributed by atoms with Gasteiger partial charge in [0.1, 0.15) is 16.4 Å². The fraction of sp³-hybridized carbons (Fsp3) is 0.158. The minimum Gasteiger partial charge on any atom is -0.230 e. The van der Waals surface area contributed by atoms with Crippen molar-refractivity contribution in [3.63, 3.8) is 0 Å². The van der Waals surface area contributed by atoms with Crippen LogP contribution in [0.1, 0.15) is 16.7 Å². The van der Waals surface area contributed by atoms with E-state index >= 15 is 0 Å². The summed E-state index contributed by atoms with van der Waals surface area (Å²) in [5.41, 5.74) is 3.72. The lowest BCUT2D eigenvalue weighted by molar-refractivity contribution is 0.962. The van der Waals surface area contributed by atoms with E-state index in [4.69, 9.17) is 11.6 Å². The smallest absolute Gasteiger partial charge is 0.117 e. The van der Waals surface area contributed by atoms with E-state index in [0.717, 1.165) is 32.1 Å². The Kier molecular flexibility index (Phi) is 6.18. The number of rotatable bonds is 6. The molecule has 2 aromatic carbocycles. The van der Waals surface area contributed by atoms with Gasteiger partial charge < -0.3 is 0 Å². The van der Waals surface area contributed by atoms with E-state index in [9.17, 15) is 0 Å². The van der Waals surface area contributed by atoms with Gasteiger partial charge in [-0.2, -0.15) is 0 Å². The molecule has 0 bridgehead atoms. The standard InChI is InChI=1S/C19H17ClN2S2/c1-14-5-4-6-15(9-14)11-23-18-10-19(22-13-21-18)24-12-16-7-2-3-8-17(16)20/h2-10,13H,11-12H2,1H3. The predicted octanol–water partition coefficient (Wildman–Crippen LogP) is 6.02. The summed E-state index contributed by atoms with van der Waals surface area (Å²) in [5, 5.41) is 2.76. The Morgan fingerprint density at radius 2 is 1.62 bits per heavy atom. The third-order valence-corrected chi connectivity index (χ3v) is 5.76. The third kappa shape index (κ3) is 5.00. The maximum atomic E-state index is 6.20. The molecule has 0 amide bonds. The van der Waals surface area contributed by atoms with Crippen molar-refractivity contribution in [1.29, 1.82) is 0 Å². The van der Waals surface area contributed by atoms with E-state index in [1.165, 1.54) is 11.1 Å². The van der Waals surface area contributed by atoms with Gasteiger partial charge in [-0.25, -0.2) is 9.97 Å². The van der Waals surface area contributed by atoms with E-state index in [0.29, 0.717) is 0 Å². The van der Waals surface area contributed by atoms with Gasteiger partial charge in [0.25, 0.3) is 0 Å². The Hall–Kier alpha value is -1.49. The molecule has 5 heteroatoms. The highest BCUT2D eigenvalue weighted by atomic mass is 35.5. The molecule has 0 aliphatic rings. The molecule has 0 saturated carbocycles. The number of aromatic nitrogens is 2. The zero-order chi connectivity index (χ0) is 16.8. The maximum Gasteiger partial charge on any atom is 0.117 e. The van der Waals surface area contributed by atoms with Gasteiger partial charge in [0.15, 0.2) is 0 Å². The second-order valence-electron chi connectivity index (χ2n) is 5.35. The highest BCUT2D eigenvalue weighted by molar-refractivity contribution is 7.99. The van der Waals surface area contributed by atoms with Crippen LogP contribution in [-0.4, -0.2) is 9.97 Å². The lowest BCUT2D eigenvalue weighted by Crippen LogP contribution is -1.89. The van der Waals surface area contributed by atoms with Gasteiger partial charge >= 0.3 is 0 Å². The van der Waals surface area contributed by atoms with Crippen LogP contribution in [0.3, 0.4) is 0 Å². The van der Waals surface area contributed by atoms with Crippen LogP contribution < -0.4 is 0 Å². The van der Waals surface area contributed by atoms with Gasteiger partial charge in [-0.3, -0.25) is 0 Å². The van der Waals surface area contributed by atoms with Gasteiger partial charge in [-0.1, -0.05) is 59.6 Å². The molecule has 0 saturated heterocycles.